The topological polar surface area (TPSA) is 378 Å². The van der Waals surface area contributed by atoms with Crippen LogP contribution in [0, 0.1) is 0 Å². The van der Waals surface area contributed by atoms with Crippen molar-refractivity contribution in [2.75, 3.05) is 6.61 Å². The molecule has 2 fully saturated rings. The number of nitrogens with two attached hydrogens (primary N) is 1. The molecule has 2 aromatic carbocycles. The van der Waals surface area contributed by atoms with Gasteiger partial charge in [-0.1, -0.05) is 19.1 Å². The maximum atomic E-state index is 14.1. The first-order valence-corrected chi connectivity index (χ1v) is 20.7. The lowest BCUT2D eigenvalue weighted by Gasteiger charge is -2.48. The fourth-order valence-corrected chi connectivity index (χ4v) is 8.64. The molecule has 0 saturated carbocycles. The van der Waals surface area contributed by atoms with Crippen LogP contribution in [0.5, 0.6) is 23.0 Å². The zero-order valence-electron chi connectivity index (χ0n) is 34.7. The van der Waals surface area contributed by atoms with Gasteiger partial charge in [-0.25, -0.2) is 9.59 Å². The van der Waals surface area contributed by atoms with Gasteiger partial charge in [0.15, 0.2) is 35.2 Å². The number of nitrogens with one attached hydrogen (secondary N) is 2. The molecule has 2 saturated heterocycles. The first-order valence-electron chi connectivity index (χ1n) is 20.7. The van der Waals surface area contributed by atoms with Gasteiger partial charge in [-0.05, 0) is 48.3 Å². The van der Waals surface area contributed by atoms with Crippen LogP contribution in [0.1, 0.15) is 36.1 Å². The third kappa shape index (κ3) is 7.95. The largest absolute Gasteiger partial charge is 0.507 e. The number of rotatable bonds is 10. The molecule has 0 aliphatic carbocycles. The van der Waals surface area contributed by atoms with Crippen molar-refractivity contribution < 1.29 is 89.1 Å². The molecular formula is C44H47N3O19. The Balaban J connectivity index is 1.32. The molecule has 22 nitrogen and oxygen atoms in total. The number of hydrogen-bond donors (Lipinski definition) is 14. The highest BCUT2D eigenvalue weighted by Crippen LogP contribution is 2.52. The fourth-order valence-electron chi connectivity index (χ4n) is 8.64. The summed E-state index contributed by atoms with van der Waals surface area (Å²) in [6.45, 7) is 1.45. The monoisotopic (exact) mass is 921 g/mol. The van der Waals surface area contributed by atoms with E-state index in [1.165, 1.54) is 18.2 Å². The number of aromatic hydroxyl groups is 3. The van der Waals surface area contributed by atoms with E-state index in [0.717, 1.165) is 12.1 Å². The van der Waals surface area contributed by atoms with Gasteiger partial charge >= 0.3 is 11.9 Å². The number of aromatic amines is 1. The smallest absolute Gasteiger partial charge is 0.340 e. The summed E-state index contributed by atoms with van der Waals surface area (Å²) in [6, 6.07) is 7.96. The van der Waals surface area contributed by atoms with Gasteiger partial charge in [0, 0.05) is 71.4 Å². The average molecular weight is 922 g/mol. The van der Waals surface area contributed by atoms with E-state index in [0.29, 0.717) is 23.3 Å². The minimum absolute atomic E-state index is 0.0533. The predicted octanol–water partition coefficient (Wildman–Crippen LogP) is -1.19. The number of esters is 1. The number of H-pyrrole nitrogens is 1. The van der Waals surface area contributed by atoms with Gasteiger partial charge < -0.3 is 95.6 Å². The second-order valence-electron chi connectivity index (χ2n) is 16.3. The summed E-state index contributed by atoms with van der Waals surface area (Å²) in [5.74, 6) is -9.66. The molecule has 0 bridgehead atoms. The standard InChI is InChI=1S/C44H47N3O19/c1-2-16-8-19(15-47-40(16)45)22-12-20(11-21-4-3-6-46-21)44(39(58)35(56)34(55)38(66-44)42(61)64-43-36(57)32(53)33(54)37(63-43)41(59)60)65-27-14-26-29(31(52)28(22)27)23(49)13-25(62-26)18-9-17(5-7-48)30(51)24(50)10-18/h3-4,6,8-10,12-15,22,32-40,43,46-48,50-58H,2,5,7,11,45H2,1H3,(H,59,60)/t22-,32+,33+,34+,35+,36-,37+,38+,39-,40?,43-,44+/m1/s1. The molecule has 4 aromatic rings. The van der Waals surface area contributed by atoms with Gasteiger partial charge in [0.25, 0.3) is 5.79 Å². The SMILES string of the molecule is CCC1=CC([C@H]2C=C(Cc3ccc[nH]3)[C@]3(Oc4cc5oc(-c6cc(O)c(O)c(CCO)c6)cc(=O)c5c(O)c42)O[C@H](C(=O)O[C@H]2O[C@H](C(=O)O)[C@@H](O)[C@H](O)[C@H]2O)[C@@H](O)[C@H](O)[C@H]3O)=CNC1N. The molecule has 66 heavy (non-hydrogen) atoms. The minimum atomic E-state index is -2.75. The van der Waals surface area contributed by atoms with Gasteiger partial charge in [-0.15, -0.1) is 0 Å². The van der Waals surface area contributed by atoms with E-state index in [1.54, 1.807) is 30.6 Å². The molecule has 22 heteroatoms. The number of carbonyl (C=O) groups excluding carboxylic acids is 1. The van der Waals surface area contributed by atoms with Crippen LogP contribution in [-0.2, 0) is 36.6 Å². The van der Waals surface area contributed by atoms with Crippen LogP contribution in [0.15, 0.2) is 86.9 Å². The Morgan fingerprint density at radius 2 is 1.68 bits per heavy atom. The van der Waals surface area contributed by atoms with Crippen LogP contribution in [0.3, 0.4) is 0 Å². The third-order valence-electron chi connectivity index (χ3n) is 12.2. The summed E-state index contributed by atoms with van der Waals surface area (Å²) < 4.78 is 29.4. The Hall–Kier alpha value is -6.31. The number of carboxylic acids is 1. The zero-order chi connectivity index (χ0) is 47.5. The number of phenols is 3. The number of aliphatic hydroxyl groups excluding tert-OH is 7. The lowest BCUT2D eigenvalue weighted by Crippen LogP contribution is -2.69. The molecule has 1 spiro atoms. The molecule has 6 heterocycles. The number of ether oxygens (including phenoxy) is 4. The van der Waals surface area contributed by atoms with E-state index in [1.807, 2.05) is 6.92 Å². The van der Waals surface area contributed by atoms with E-state index >= 15 is 0 Å². The maximum absolute atomic E-state index is 14.1. The maximum Gasteiger partial charge on any atom is 0.340 e. The minimum Gasteiger partial charge on any atom is -0.507 e. The highest BCUT2D eigenvalue weighted by Gasteiger charge is 2.61. The molecule has 0 amide bonds. The van der Waals surface area contributed by atoms with E-state index in [9.17, 15) is 70.6 Å². The Bertz CT molecular complexity index is 2700. The van der Waals surface area contributed by atoms with E-state index in [-0.39, 0.29) is 57.6 Å². The number of fused-ring (bicyclic) bond motifs is 2. The predicted molar refractivity (Wildman–Crippen MR) is 223 cm³/mol. The van der Waals surface area contributed by atoms with Crippen LogP contribution in [0.25, 0.3) is 22.3 Å². The van der Waals surface area contributed by atoms with Crippen molar-refractivity contribution >= 4 is 22.9 Å². The number of hydrogen-bond acceptors (Lipinski definition) is 20. The van der Waals surface area contributed by atoms with Crippen LogP contribution in [-0.4, -0.2) is 147 Å². The van der Waals surface area contributed by atoms with Crippen LogP contribution in [0.4, 0.5) is 0 Å². The van der Waals surface area contributed by atoms with Crippen molar-refractivity contribution in [1.82, 2.24) is 10.3 Å². The quantitative estimate of drug-likeness (QED) is 0.0505. The number of benzene rings is 2. The summed E-state index contributed by atoms with van der Waals surface area (Å²) in [6.07, 6.45) is -14.5. The Morgan fingerprint density at radius 3 is 2.36 bits per heavy atom. The van der Waals surface area contributed by atoms with Crippen molar-refractivity contribution in [3.63, 3.8) is 0 Å². The summed E-state index contributed by atoms with van der Waals surface area (Å²) in [5, 5.41) is 121. The first kappa shape index (κ1) is 46.2. The zero-order valence-corrected chi connectivity index (χ0v) is 34.7. The molecule has 0 radical (unpaired) electrons. The van der Waals surface area contributed by atoms with Gasteiger partial charge in [-0.3, -0.25) is 4.79 Å². The fraction of sp³-hybridized carbons (Fsp3) is 0.386. The highest BCUT2D eigenvalue weighted by atomic mass is 16.8. The number of allylic oxidation sites excluding steroid dienone is 3. The summed E-state index contributed by atoms with van der Waals surface area (Å²) in [7, 11) is 0. The highest BCUT2D eigenvalue weighted by molar-refractivity contribution is 5.89. The molecule has 12 atom stereocenters. The van der Waals surface area contributed by atoms with Gasteiger partial charge in [0.05, 0.1) is 6.17 Å². The second-order valence-corrected chi connectivity index (χ2v) is 16.3. The van der Waals surface area contributed by atoms with Crippen molar-refractivity contribution in [3.05, 3.63) is 105 Å². The second kappa shape index (κ2) is 17.8. The molecule has 1 unspecified atom stereocenters. The molecule has 8 rings (SSSR count). The summed E-state index contributed by atoms with van der Waals surface area (Å²) in [5.41, 5.74) is 6.80. The Morgan fingerprint density at radius 1 is 0.939 bits per heavy atom. The molecule has 352 valence electrons. The van der Waals surface area contributed by atoms with Gasteiger partial charge in [-0.2, -0.15) is 0 Å². The first-order chi connectivity index (χ1) is 31.4. The summed E-state index contributed by atoms with van der Waals surface area (Å²) in [4.78, 5) is 43.0. The Kier molecular flexibility index (Phi) is 12.5. The number of dihydropyridines is 1. The Labute approximate surface area is 372 Å². The number of carbonyl (C=O) groups is 2. The number of carboxylic acid groups (broad SMARTS) is 1. The molecule has 15 N–H and O–H groups in total. The van der Waals surface area contributed by atoms with Gasteiger partial charge in [0.1, 0.15) is 58.7 Å². The van der Waals surface area contributed by atoms with E-state index in [4.69, 9.17) is 29.1 Å². The van der Waals surface area contributed by atoms with Crippen LogP contribution < -0.4 is 21.2 Å². The molecular weight excluding hydrogens is 874 g/mol. The average Bonchev–Trinajstić information content (AvgIpc) is 3.76. The van der Waals surface area contributed by atoms with E-state index in [2.05, 4.69) is 10.3 Å². The van der Waals surface area contributed by atoms with E-state index < -0.39 is 114 Å². The lowest BCUT2D eigenvalue weighted by atomic mass is 9.81. The van der Waals surface area contributed by atoms with Crippen molar-refractivity contribution in [2.24, 2.45) is 5.73 Å². The molecule has 2 aromatic heterocycles. The van der Waals surface area contributed by atoms with Crippen molar-refractivity contribution in [3.8, 4) is 34.3 Å². The number of phenolic OH excluding ortho intramolecular Hbond substituents is 3. The summed E-state index contributed by atoms with van der Waals surface area (Å²) >= 11 is 0. The van der Waals surface area contributed by atoms with Crippen LogP contribution >= 0.6 is 0 Å². The van der Waals surface area contributed by atoms with Crippen LogP contribution in [0.2, 0.25) is 0 Å². The number of aliphatic carboxylic acids is 1. The third-order valence-corrected chi connectivity index (χ3v) is 12.2. The molecule has 4 aliphatic rings. The van der Waals surface area contributed by atoms with Crippen molar-refractivity contribution in [1.29, 1.82) is 0 Å². The van der Waals surface area contributed by atoms with Gasteiger partial charge in [0.2, 0.25) is 6.29 Å². The lowest BCUT2D eigenvalue weighted by molar-refractivity contribution is -0.325. The number of aliphatic hydroxyl groups is 7. The normalized spacial score (nSPS) is 30.9. The number of aromatic nitrogens is 1. The molecule has 4 aliphatic heterocycles. The van der Waals surface area contributed by atoms with Crippen molar-refractivity contribution in [2.45, 2.75) is 99.2 Å².